The van der Waals surface area contributed by atoms with Gasteiger partial charge < -0.3 is 22.4 Å². The van der Waals surface area contributed by atoms with Crippen LogP contribution in [0.1, 0.15) is 64.7 Å². The lowest BCUT2D eigenvalue weighted by atomic mass is 10.1. The van der Waals surface area contributed by atoms with Crippen LogP contribution in [-0.4, -0.2) is 37.6 Å². The van der Waals surface area contributed by atoms with E-state index in [1.165, 1.54) is 64.3 Å². The van der Waals surface area contributed by atoms with Crippen molar-refractivity contribution in [2.45, 2.75) is 64.7 Å². The summed E-state index contributed by atoms with van der Waals surface area (Å²) < 4.78 is 1.12. The Kier molecular flexibility index (Phi) is 18.8. The fourth-order valence-corrected chi connectivity index (χ4v) is 1.90. The van der Waals surface area contributed by atoms with Gasteiger partial charge in [-0.3, -0.25) is 0 Å². The van der Waals surface area contributed by atoms with Gasteiger partial charge in [0.1, 0.15) is 0 Å². The van der Waals surface area contributed by atoms with E-state index in [0.717, 1.165) is 4.48 Å². The number of rotatable bonds is 10. The first kappa shape index (κ1) is 22.4. The summed E-state index contributed by atoms with van der Waals surface area (Å²) in [6, 6.07) is 0. The van der Waals surface area contributed by atoms with E-state index < -0.39 is 0 Å². The highest BCUT2D eigenvalue weighted by atomic mass is 35.5. The van der Waals surface area contributed by atoms with Crippen LogP contribution in [0.3, 0.4) is 0 Å². The van der Waals surface area contributed by atoms with Crippen molar-refractivity contribution in [2.24, 2.45) is 0 Å². The van der Waals surface area contributed by atoms with Crippen LogP contribution in [0.15, 0.2) is 0 Å². The molecule has 0 saturated heterocycles. The molecular weight excluding hydrogens is 234 g/mol. The van der Waals surface area contributed by atoms with Gasteiger partial charge in [-0.2, -0.15) is 0 Å². The maximum Gasteiger partial charge on any atom is 0.0780 e. The van der Waals surface area contributed by atoms with Crippen LogP contribution in [0.5, 0.6) is 0 Å². The molecule has 0 aliphatic rings. The van der Waals surface area contributed by atoms with Crippen molar-refractivity contribution in [2.75, 3.05) is 27.7 Å². The van der Waals surface area contributed by atoms with E-state index in [-0.39, 0.29) is 17.9 Å². The van der Waals surface area contributed by atoms with Crippen LogP contribution in [0.4, 0.5) is 0 Å². The number of hydrogen-bond acceptors (Lipinski definition) is 0. The molecule has 0 radical (unpaired) electrons. The lowest BCUT2D eigenvalue weighted by Crippen LogP contribution is -3.00. The van der Waals surface area contributed by atoms with Gasteiger partial charge in [-0.25, -0.2) is 0 Å². The molecule has 0 bridgehead atoms. The van der Waals surface area contributed by atoms with E-state index in [1.807, 2.05) is 0 Å². The molecule has 0 fully saturated rings. The Morgan fingerprint density at radius 1 is 0.647 bits per heavy atom. The smallest absolute Gasteiger partial charge is 0.0780 e. The molecule has 0 amide bonds. The van der Waals surface area contributed by atoms with Crippen LogP contribution in [-0.2, 0) is 0 Å². The molecular formula is C14H34ClNO. The first-order valence-electron chi connectivity index (χ1n) is 6.86. The highest BCUT2D eigenvalue weighted by Gasteiger charge is 2.04. The maximum atomic E-state index is 2.28. The molecule has 0 spiro atoms. The van der Waals surface area contributed by atoms with Crippen molar-refractivity contribution in [3.8, 4) is 0 Å². The van der Waals surface area contributed by atoms with Gasteiger partial charge in [-0.05, 0) is 12.8 Å². The third kappa shape index (κ3) is 22.0. The van der Waals surface area contributed by atoms with Gasteiger partial charge >= 0.3 is 0 Å². The number of nitrogens with zero attached hydrogens (tertiary/aromatic N) is 1. The van der Waals surface area contributed by atoms with Gasteiger partial charge in [0.05, 0.1) is 27.7 Å². The summed E-state index contributed by atoms with van der Waals surface area (Å²) in [7, 11) is 6.85. The summed E-state index contributed by atoms with van der Waals surface area (Å²) in [6.45, 7) is 3.61. The van der Waals surface area contributed by atoms with E-state index in [2.05, 4.69) is 28.1 Å². The minimum absolute atomic E-state index is 0. The molecule has 17 heavy (non-hydrogen) atoms. The van der Waals surface area contributed by atoms with Crippen molar-refractivity contribution >= 4 is 0 Å². The van der Waals surface area contributed by atoms with E-state index in [1.54, 1.807) is 0 Å². The Hall–Kier alpha value is 0.210. The zero-order valence-electron chi connectivity index (χ0n) is 12.4. The lowest BCUT2D eigenvalue weighted by molar-refractivity contribution is -0.870. The van der Waals surface area contributed by atoms with Gasteiger partial charge in [-0.15, -0.1) is 0 Å². The van der Waals surface area contributed by atoms with Gasteiger partial charge in [0.2, 0.25) is 0 Å². The van der Waals surface area contributed by atoms with E-state index in [0.29, 0.717) is 0 Å². The Balaban J connectivity index is -0.000000980. The Morgan fingerprint density at radius 2 is 1.00 bits per heavy atom. The van der Waals surface area contributed by atoms with Gasteiger partial charge in [0.15, 0.2) is 0 Å². The molecule has 3 heteroatoms. The highest BCUT2D eigenvalue weighted by Crippen LogP contribution is 2.10. The molecule has 0 atom stereocenters. The topological polar surface area (TPSA) is 31.5 Å². The van der Waals surface area contributed by atoms with Crippen molar-refractivity contribution in [1.82, 2.24) is 0 Å². The molecule has 0 rings (SSSR count). The van der Waals surface area contributed by atoms with Gasteiger partial charge in [-0.1, -0.05) is 51.9 Å². The number of quaternary nitrogens is 1. The standard InChI is InChI=1S/C14H32N.ClH.H2O/c1-5-6-7-8-9-10-11-12-13-14-15(2,3)4;;/h5-14H2,1-4H3;1H;1H2/q+1;;/p-1. The quantitative estimate of drug-likeness (QED) is 0.406. The molecule has 2 N–H and O–H groups in total. The third-order valence-corrected chi connectivity index (χ3v) is 2.93. The zero-order chi connectivity index (χ0) is 11.6. The molecule has 0 aromatic heterocycles. The molecule has 0 aliphatic carbocycles. The summed E-state index contributed by atoms with van der Waals surface area (Å²) in [5, 5.41) is 0. The summed E-state index contributed by atoms with van der Waals surface area (Å²) in [6.07, 6.45) is 12.9. The van der Waals surface area contributed by atoms with Crippen molar-refractivity contribution in [3.05, 3.63) is 0 Å². The minimum atomic E-state index is 0. The molecule has 108 valence electrons. The predicted octanol–water partition coefficient (Wildman–Crippen LogP) is 0.403. The summed E-state index contributed by atoms with van der Waals surface area (Å²) in [4.78, 5) is 0. The van der Waals surface area contributed by atoms with Crippen LogP contribution < -0.4 is 12.4 Å². The maximum absolute atomic E-state index is 2.28. The van der Waals surface area contributed by atoms with Crippen LogP contribution in [0.25, 0.3) is 0 Å². The molecule has 0 heterocycles. The van der Waals surface area contributed by atoms with E-state index in [4.69, 9.17) is 0 Å². The zero-order valence-corrected chi connectivity index (χ0v) is 13.2. The number of hydrogen-bond donors (Lipinski definition) is 0. The fourth-order valence-electron chi connectivity index (χ4n) is 1.90. The second-order valence-corrected chi connectivity index (χ2v) is 5.84. The average molecular weight is 268 g/mol. The largest absolute Gasteiger partial charge is 1.00 e. The molecule has 0 aliphatic heterocycles. The average Bonchev–Trinajstić information content (AvgIpc) is 2.14. The van der Waals surface area contributed by atoms with Crippen molar-refractivity contribution in [1.29, 1.82) is 0 Å². The Bertz CT molecular complexity index is 135. The Labute approximate surface area is 115 Å². The number of halogens is 1. The molecule has 0 saturated carbocycles. The molecule has 0 aromatic carbocycles. The van der Waals surface area contributed by atoms with Gasteiger partial charge in [0, 0.05) is 0 Å². The van der Waals surface area contributed by atoms with E-state index >= 15 is 0 Å². The predicted molar refractivity (Wildman–Crippen MR) is 73.7 cm³/mol. The van der Waals surface area contributed by atoms with Crippen LogP contribution in [0.2, 0.25) is 0 Å². The molecule has 0 aromatic rings. The normalized spacial score (nSPS) is 10.6. The third-order valence-electron chi connectivity index (χ3n) is 2.93. The van der Waals surface area contributed by atoms with Crippen molar-refractivity contribution in [3.63, 3.8) is 0 Å². The fraction of sp³-hybridized carbons (Fsp3) is 1.00. The lowest BCUT2D eigenvalue weighted by Gasteiger charge is -2.23. The molecule has 2 nitrogen and oxygen atoms in total. The first-order chi connectivity index (χ1) is 7.06. The summed E-state index contributed by atoms with van der Waals surface area (Å²) >= 11 is 0. The number of unbranched alkanes of at least 4 members (excludes halogenated alkanes) is 8. The second kappa shape index (κ2) is 14.3. The summed E-state index contributed by atoms with van der Waals surface area (Å²) in [5.74, 6) is 0. The minimum Gasteiger partial charge on any atom is -1.00 e. The van der Waals surface area contributed by atoms with E-state index in [9.17, 15) is 0 Å². The van der Waals surface area contributed by atoms with Crippen LogP contribution >= 0.6 is 0 Å². The Morgan fingerprint density at radius 3 is 1.35 bits per heavy atom. The van der Waals surface area contributed by atoms with Crippen LogP contribution in [0, 0.1) is 0 Å². The first-order valence-corrected chi connectivity index (χ1v) is 6.86. The SMILES string of the molecule is CCCCCCCCCCC[N+](C)(C)C.O.[Cl-]. The van der Waals surface area contributed by atoms with Gasteiger partial charge in [0.25, 0.3) is 0 Å². The van der Waals surface area contributed by atoms with Crippen molar-refractivity contribution < 1.29 is 22.4 Å². The molecule has 0 unspecified atom stereocenters. The second-order valence-electron chi connectivity index (χ2n) is 5.84. The summed E-state index contributed by atoms with van der Waals surface area (Å²) in [5.41, 5.74) is 0. The monoisotopic (exact) mass is 267 g/mol. The highest BCUT2D eigenvalue weighted by molar-refractivity contribution is 4.46.